The van der Waals surface area contributed by atoms with Crippen LogP contribution in [0.1, 0.15) is 56.4 Å². The van der Waals surface area contributed by atoms with Crippen LogP contribution in [0.15, 0.2) is 30.3 Å². The fourth-order valence-corrected chi connectivity index (χ4v) is 4.47. The Bertz CT molecular complexity index is 1080. The van der Waals surface area contributed by atoms with Crippen molar-refractivity contribution in [3.8, 4) is 0 Å². The van der Waals surface area contributed by atoms with Crippen LogP contribution in [0.2, 0.25) is 0 Å². The van der Waals surface area contributed by atoms with E-state index in [2.05, 4.69) is 16.0 Å². The van der Waals surface area contributed by atoms with Crippen molar-refractivity contribution in [2.24, 2.45) is 13.0 Å². The Kier molecular flexibility index (Phi) is 8.73. The van der Waals surface area contributed by atoms with Crippen LogP contribution in [0, 0.1) is 5.92 Å². The fourth-order valence-electron chi connectivity index (χ4n) is 4.47. The van der Waals surface area contributed by atoms with E-state index in [1.54, 1.807) is 31.5 Å². The average Bonchev–Trinajstić information content (AvgIpc) is 3.40. The summed E-state index contributed by atoms with van der Waals surface area (Å²) in [5.41, 5.74) is 1.30. The molecule has 10 heteroatoms. The Balaban J connectivity index is 1.69. The maximum atomic E-state index is 13.1. The molecule has 0 aliphatic heterocycles. The second-order valence-electron chi connectivity index (χ2n) is 9.19. The molecule has 1 aliphatic rings. The van der Waals surface area contributed by atoms with Gasteiger partial charge in [0, 0.05) is 30.5 Å². The molecule has 3 rings (SSSR count). The van der Waals surface area contributed by atoms with Gasteiger partial charge in [-0.15, -0.1) is 0 Å². The largest absolute Gasteiger partial charge is 0.481 e. The van der Waals surface area contributed by atoms with E-state index in [9.17, 15) is 24.3 Å². The molecule has 1 aromatic carbocycles. The van der Waals surface area contributed by atoms with Crippen molar-refractivity contribution in [3.63, 3.8) is 0 Å². The summed E-state index contributed by atoms with van der Waals surface area (Å²) in [5, 5.41) is 18.6. The maximum absolute atomic E-state index is 13.1. The minimum absolute atomic E-state index is 0.248. The number of carbonyl (C=O) groups is 4. The third-order valence-electron chi connectivity index (χ3n) is 6.25. The Labute approximate surface area is 204 Å². The third kappa shape index (κ3) is 6.74. The molecule has 1 fully saturated rings. The highest BCUT2D eigenvalue weighted by Gasteiger charge is 2.35. The van der Waals surface area contributed by atoms with Crippen LogP contribution in [-0.4, -0.2) is 58.3 Å². The number of nitrogens with zero attached hydrogens (tertiary/aromatic N) is 1. The van der Waals surface area contributed by atoms with Crippen LogP contribution in [0.3, 0.4) is 0 Å². The van der Waals surface area contributed by atoms with Crippen molar-refractivity contribution >= 4 is 34.8 Å². The predicted octanol–water partition coefficient (Wildman–Crippen LogP) is 2.56. The molecule has 0 radical (unpaired) electrons. The smallest absolute Gasteiger partial charge is 0.407 e. The van der Waals surface area contributed by atoms with Gasteiger partial charge in [-0.3, -0.25) is 14.4 Å². The number of amides is 3. The van der Waals surface area contributed by atoms with Crippen LogP contribution in [0.5, 0.6) is 0 Å². The molecule has 3 amide bonds. The SMILES string of the molecule is CC(C)OC(=O)NCCC[C@H](NC(=O)c1cc2ccccc2n1C)C(=O)N[C@H]1CCC[C@H]1C(=O)O. The van der Waals surface area contributed by atoms with Crippen molar-refractivity contribution in [3.05, 3.63) is 36.0 Å². The number of nitrogens with one attached hydrogen (secondary N) is 3. The summed E-state index contributed by atoms with van der Waals surface area (Å²) in [6.45, 7) is 3.76. The number of carboxylic acid groups (broad SMARTS) is 1. The van der Waals surface area contributed by atoms with E-state index >= 15 is 0 Å². The van der Waals surface area contributed by atoms with Crippen molar-refractivity contribution in [2.45, 2.75) is 64.1 Å². The number of hydrogen-bond donors (Lipinski definition) is 4. The molecule has 4 N–H and O–H groups in total. The van der Waals surface area contributed by atoms with Gasteiger partial charge in [-0.2, -0.15) is 0 Å². The van der Waals surface area contributed by atoms with E-state index in [0.29, 0.717) is 25.0 Å². The highest BCUT2D eigenvalue weighted by molar-refractivity contribution is 6.00. The lowest BCUT2D eigenvalue weighted by atomic mass is 10.0. The number of ether oxygens (including phenoxy) is 1. The van der Waals surface area contributed by atoms with Gasteiger partial charge in [0.1, 0.15) is 11.7 Å². The number of benzene rings is 1. The summed E-state index contributed by atoms with van der Waals surface area (Å²) in [6, 6.07) is 7.99. The Morgan fingerprint density at radius 2 is 1.91 bits per heavy atom. The second kappa shape index (κ2) is 11.7. The number of para-hydroxylation sites is 1. The number of hydrogen-bond acceptors (Lipinski definition) is 5. The first-order valence-electron chi connectivity index (χ1n) is 12.0. The zero-order chi connectivity index (χ0) is 25.5. The van der Waals surface area contributed by atoms with Crippen molar-refractivity contribution in [1.29, 1.82) is 0 Å². The lowest BCUT2D eigenvalue weighted by molar-refractivity contribution is -0.142. The highest BCUT2D eigenvalue weighted by atomic mass is 16.6. The first kappa shape index (κ1) is 26.1. The molecule has 1 aromatic heterocycles. The molecule has 2 aromatic rings. The molecule has 1 aliphatic carbocycles. The van der Waals surface area contributed by atoms with Gasteiger partial charge in [0.25, 0.3) is 5.91 Å². The van der Waals surface area contributed by atoms with Gasteiger partial charge in [0.2, 0.25) is 5.91 Å². The van der Waals surface area contributed by atoms with E-state index in [0.717, 1.165) is 17.3 Å². The molecule has 35 heavy (non-hydrogen) atoms. The number of alkyl carbamates (subject to hydrolysis) is 1. The van der Waals surface area contributed by atoms with Crippen LogP contribution < -0.4 is 16.0 Å². The molecule has 3 atom stereocenters. The molecule has 0 unspecified atom stereocenters. The molecule has 1 heterocycles. The van der Waals surface area contributed by atoms with Gasteiger partial charge in [0.15, 0.2) is 0 Å². The monoisotopic (exact) mass is 486 g/mol. The standard InChI is InChI=1S/C25H34N4O6/c1-15(2)35-25(34)26-13-7-11-19(22(30)27-18-10-6-9-17(18)24(32)33)28-23(31)21-14-16-8-4-5-12-20(16)29(21)3/h4-5,8,12,14-15,17-19H,6-7,9-11,13H2,1-3H3,(H,26,34)(H,27,30)(H,28,31)(H,32,33)/t17-,18+,19+/m1/s1. The summed E-state index contributed by atoms with van der Waals surface area (Å²) in [5.74, 6) is -2.41. The topological polar surface area (TPSA) is 139 Å². The zero-order valence-electron chi connectivity index (χ0n) is 20.4. The summed E-state index contributed by atoms with van der Waals surface area (Å²) >= 11 is 0. The predicted molar refractivity (Wildman–Crippen MR) is 130 cm³/mol. The third-order valence-corrected chi connectivity index (χ3v) is 6.25. The highest BCUT2D eigenvalue weighted by Crippen LogP contribution is 2.26. The molecule has 190 valence electrons. The van der Waals surface area contributed by atoms with Crippen LogP contribution in [0.4, 0.5) is 4.79 Å². The zero-order valence-corrected chi connectivity index (χ0v) is 20.4. The minimum atomic E-state index is -0.934. The average molecular weight is 487 g/mol. The lowest BCUT2D eigenvalue weighted by Crippen LogP contribution is -2.51. The number of carbonyl (C=O) groups excluding carboxylic acids is 3. The Morgan fingerprint density at radius 1 is 1.17 bits per heavy atom. The van der Waals surface area contributed by atoms with Crippen LogP contribution >= 0.6 is 0 Å². The van der Waals surface area contributed by atoms with E-state index in [4.69, 9.17) is 4.74 Å². The number of rotatable bonds is 10. The summed E-state index contributed by atoms with van der Waals surface area (Å²) < 4.78 is 6.80. The number of aryl methyl sites for hydroxylation is 1. The van der Waals surface area contributed by atoms with Crippen molar-refractivity contribution in [1.82, 2.24) is 20.5 Å². The molecular formula is C25H34N4O6. The summed E-state index contributed by atoms with van der Waals surface area (Å²) in [6.07, 6.45) is 1.68. The van der Waals surface area contributed by atoms with Crippen LogP contribution in [-0.2, 0) is 21.4 Å². The number of aromatic nitrogens is 1. The molecule has 0 saturated heterocycles. The van der Waals surface area contributed by atoms with Crippen molar-refractivity contribution < 1.29 is 29.0 Å². The van der Waals surface area contributed by atoms with E-state index in [-0.39, 0.29) is 19.1 Å². The number of carboxylic acids is 1. The Hall–Kier alpha value is -3.56. The van der Waals surface area contributed by atoms with Gasteiger partial charge in [-0.1, -0.05) is 24.6 Å². The first-order chi connectivity index (χ1) is 16.7. The second-order valence-corrected chi connectivity index (χ2v) is 9.19. The fraction of sp³-hybridized carbons (Fsp3) is 0.520. The first-order valence-corrected chi connectivity index (χ1v) is 12.0. The number of aliphatic carboxylic acids is 1. The molecular weight excluding hydrogens is 452 g/mol. The lowest BCUT2D eigenvalue weighted by Gasteiger charge is -2.23. The van der Waals surface area contributed by atoms with Gasteiger partial charge < -0.3 is 30.4 Å². The van der Waals surface area contributed by atoms with Gasteiger partial charge in [0.05, 0.1) is 12.0 Å². The van der Waals surface area contributed by atoms with E-state index < -0.39 is 41.9 Å². The van der Waals surface area contributed by atoms with E-state index in [1.165, 1.54) is 0 Å². The Morgan fingerprint density at radius 3 is 2.60 bits per heavy atom. The summed E-state index contributed by atoms with van der Waals surface area (Å²) in [7, 11) is 1.78. The van der Waals surface area contributed by atoms with Crippen LogP contribution in [0.25, 0.3) is 10.9 Å². The molecule has 10 nitrogen and oxygen atoms in total. The quantitative estimate of drug-likeness (QED) is 0.381. The summed E-state index contributed by atoms with van der Waals surface area (Å²) in [4.78, 5) is 49.5. The molecule has 0 spiro atoms. The normalized spacial score (nSPS) is 18.3. The van der Waals surface area contributed by atoms with Gasteiger partial charge >= 0.3 is 12.1 Å². The maximum Gasteiger partial charge on any atom is 0.407 e. The molecule has 0 bridgehead atoms. The van der Waals surface area contributed by atoms with E-state index in [1.807, 2.05) is 24.3 Å². The van der Waals surface area contributed by atoms with Gasteiger partial charge in [-0.25, -0.2) is 4.79 Å². The minimum Gasteiger partial charge on any atom is -0.481 e. The number of fused-ring (bicyclic) bond motifs is 1. The van der Waals surface area contributed by atoms with Gasteiger partial charge in [-0.05, 0) is 51.7 Å². The molecule has 1 saturated carbocycles. The van der Waals surface area contributed by atoms with Crippen molar-refractivity contribution in [2.75, 3.05) is 6.54 Å².